The highest BCUT2D eigenvalue weighted by molar-refractivity contribution is 6.41. The molecule has 0 bridgehead atoms. The first kappa shape index (κ1) is 24.7. The van der Waals surface area contributed by atoms with E-state index in [-0.39, 0.29) is 30.4 Å². The number of benzene rings is 1. The number of imidazole rings is 1. The van der Waals surface area contributed by atoms with Gasteiger partial charge >= 0.3 is 0 Å². The van der Waals surface area contributed by atoms with Gasteiger partial charge in [-0.3, -0.25) is 9.36 Å². The van der Waals surface area contributed by atoms with Crippen LogP contribution in [0.5, 0.6) is 0 Å². The summed E-state index contributed by atoms with van der Waals surface area (Å²) in [5.74, 6) is 0.361. The van der Waals surface area contributed by atoms with Crippen LogP contribution in [0.15, 0.2) is 30.4 Å². The van der Waals surface area contributed by atoms with E-state index in [1.54, 1.807) is 12.1 Å². The summed E-state index contributed by atoms with van der Waals surface area (Å²) < 4.78 is 20.8. The molecule has 1 amide bonds. The van der Waals surface area contributed by atoms with Crippen molar-refractivity contribution in [3.05, 3.63) is 45.5 Å². The van der Waals surface area contributed by atoms with E-state index in [1.807, 2.05) is 11.5 Å². The van der Waals surface area contributed by atoms with Gasteiger partial charge < -0.3 is 21.1 Å². The van der Waals surface area contributed by atoms with Crippen LogP contribution in [-0.2, 0) is 9.53 Å². The number of primary amides is 1. The lowest BCUT2D eigenvalue weighted by molar-refractivity contribution is -0.128. The van der Waals surface area contributed by atoms with Crippen molar-refractivity contribution in [2.45, 2.75) is 38.6 Å². The number of anilines is 3. The van der Waals surface area contributed by atoms with E-state index in [4.69, 9.17) is 45.3 Å². The SMILES string of the molecule is CC1(C(N)=O)CCC(n2c(Nc3c(Cl)cc(Cl)cc3Cl)nc3cnc(NC4=COCN4F)nc32)CC1. The Morgan fingerprint density at radius 3 is 2.50 bits per heavy atom. The standard InChI is InChI=1S/C22H22Cl3FN8O2/c1-22(19(27)35)4-2-12(3-5-22)34-18-15(8-28-20(32-18)30-16-9-36-10-33(16)26)29-21(34)31-17-13(24)6-11(23)7-14(17)25/h6-9,12H,2-5,10H2,1H3,(H2,27,35)(H,29,31)(H,28,30,32). The first-order valence-corrected chi connectivity index (χ1v) is 12.3. The van der Waals surface area contributed by atoms with Crippen LogP contribution in [0.2, 0.25) is 15.1 Å². The molecule has 0 atom stereocenters. The molecular formula is C22H22Cl3FN8O2. The molecule has 3 aromatic rings. The first-order valence-electron chi connectivity index (χ1n) is 11.1. The molecule has 190 valence electrons. The van der Waals surface area contributed by atoms with Crippen molar-refractivity contribution in [2.24, 2.45) is 11.1 Å². The minimum absolute atomic E-state index is 0.0655. The maximum absolute atomic E-state index is 13.9. The van der Waals surface area contributed by atoms with Crippen LogP contribution in [-0.4, -0.2) is 37.3 Å². The number of amides is 1. The second-order valence-corrected chi connectivity index (χ2v) is 10.3. The summed E-state index contributed by atoms with van der Waals surface area (Å²) in [4.78, 5) is 25.5. The summed E-state index contributed by atoms with van der Waals surface area (Å²) in [6, 6.07) is 3.08. The maximum Gasteiger partial charge on any atom is 0.230 e. The number of carbonyl (C=O) groups is 1. The van der Waals surface area contributed by atoms with Gasteiger partial charge in [0.15, 0.2) is 18.2 Å². The Morgan fingerprint density at radius 1 is 1.19 bits per heavy atom. The second kappa shape index (κ2) is 9.45. The summed E-state index contributed by atoms with van der Waals surface area (Å²) in [6.45, 7) is 1.66. The largest absolute Gasteiger partial charge is 0.474 e. The second-order valence-electron chi connectivity index (χ2n) is 9.02. The number of ether oxygens (including phenoxy) is 1. The number of rotatable bonds is 6. The van der Waals surface area contributed by atoms with E-state index in [2.05, 4.69) is 25.6 Å². The average Bonchev–Trinajstić information content (AvgIpc) is 3.39. The van der Waals surface area contributed by atoms with Crippen LogP contribution in [0.3, 0.4) is 0 Å². The van der Waals surface area contributed by atoms with Crippen molar-refractivity contribution < 1.29 is 14.0 Å². The summed E-state index contributed by atoms with van der Waals surface area (Å²) >= 11 is 18.9. The van der Waals surface area contributed by atoms with Crippen LogP contribution in [0.1, 0.15) is 38.6 Å². The van der Waals surface area contributed by atoms with Gasteiger partial charge in [0.05, 0.1) is 21.9 Å². The summed E-state index contributed by atoms with van der Waals surface area (Å²) in [5.41, 5.74) is 6.52. The molecule has 2 aliphatic rings. The van der Waals surface area contributed by atoms with Gasteiger partial charge in [-0.05, 0) is 37.8 Å². The molecule has 3 heterocycles. The fourth-order valence-electron chi connectivity index (χ4n) is 4.42. The van der Waals surface area contributed by atoms with Crippen LogP contribution < -0.4 is 16.4 Å². The highest BCUT2D eigenvalue weighted by Gasteiger charge is 2.37. The summed E-state index contributed by atoms with van der Waals surface area (Å²) in [5, 5.41) is 7.46. The molecule has 1 aromatic carbocycles. The third kappa shape index (κ3) is 4.58. The molecule has 0 spiro atoms. The zero-order valence-electron chi connectivity index (χ0n) is 19.1. The fraction of sp³-hybridized carbons (Fsp3) is 0.364. The number of carbonyl (C=O) groups excluding carboxylic acids is 1. The van der Waals surface area contributed by atoms with Crippen LogP contribution in [0, 0.1) is 5.41 Å². The molecule has 1 saturated carbocycles. The van der Waals surface area contributed by atoms with Crippen molar-refractivity contribution >= 4 is 69.5 Å². The van der Waals surface area contributed by atoms with E-state index in [0.29, 0.717) is 68.7 Å². The molecule has 1 fully saturated rings. The predicted octanol–water partition coefficient (Wildman–Crippen LogP) is 5.52. The third-order valence-electron chi connectivity index (χ3n) is 6.58. The molecule has 1 aliphatic heterocycles. The molecule has 0 radical (unpaired) electrons. The molecule has 0 unspecified atom stereocenters. The molecule has 5 rings (SSSR count). The minimum Gasteiger partial charge on any atom is -0.474 e. The highest BCUT2D eigenvalue weighted by Crippen LogP contribution is 2.44. The van der Waals surface area contributed by atoms with Gasteiger partial charge in [-0.1, -0.05) is 46.2 Å². The zero-order chi connectivity index (χ0) is 25.6. The number of halogens is 4. The van der Waals surface area contributed by atoms with Crippen molar-refractivity contribution in [1.82, 2.24) is 24.6 Å². The first-order chi connectivity index (χ1) is 17.1. The van der Waals surface area contributed by atoms with Crippen molar-refractivity contribution in [2.75, 3.05) is 17.4 Å². The van der Waals surface area contributed by atoms with Gasteiger partial charge in [0.25, 0.3) is 0 Å². The predicted molar refractivity (Wildman–Crippen MR) is 135 cm³/mol. The molecule has 1 aliphatic carbocycles. The minimum atomic E-state index is -0.579. The summed E-state index contributed by atoms with van der Waals surface area (Å²) in [7, 11) is 0. The Kier molecular flexibility index (Phi) is 6.48. The number of nitrogens with two attached hydrogens (primary N) is 1. The van der Waals surface area contributed by atoms with Gasteiger partial charge in [-0.15, -0.1) is 0 Å². The Labute approximate surface area is 220 Å². The molecule has 36 heavy (non-hydrogen) atoms. The highest BCUT2D eigenvalue weighted by atomic mass is 35.5. The van der Waals surface area contributed by atoms with Gasteiger partial charge in [0.1, 0.15) is 11.8 Å². The average molecular weight is 556 g/mol. The third-order valence-corrected chi connectivity index (χ3v) is 7.39. The lowest BCUT2D eigenvalue weighted by Gasteiger charge is -2.35. The van der Waals surface area contributed by atoms with Crippen LogP contribution >= 0.6 is 34.8 Å². The van der Waals surface area contributed by atoms with Crippen molar-refractivity contribution in [1.29, 1.82) is 0 Å². The maximum atomic E-state index is 13.9. The van der Waals surface area contributed by atoms with Gasteiger partial charge in [-0.25, -0.2) is 9.97 Å². The topological polar surface area (TPSA) is 123 Å². The lowest BCUT2D eigenvalue weighted by atomic mass is 9.73. The number of fused-ring (bicyclic) bond motifs is 1. The Hall–Kier alpha value is -3.02. The van der Waals surface area contributed by atoms with Crippen LogP contribution in [0.4, 0.5) is 22.1 Å². The van der Waals surface area contributed by atoms with E-state index in [1.165, 1.54) is 12.5 Å². The smallest absolute Gasteiger partial charge is 0.230 e. The summed E-state index contributed by atoms with van der Waals surface area (Å²) in [6.07, 6.45) is 5.30. The monoisotopic (exact) mass is 554 g/mol. The normalized spacial score (nSPS) is 21.9. The molecule has 14 heteroatoms. The number of aromatic nitrogens is 4. The van der Waals surface area contributed by atoms with E-state index >= 15 is 0 Å². The Bertz CT molecular complexity index is 1350. The number of nitrogens with zero attached hydrogens (tertiary/aromatic N) is 5. The quantitative estimate of drug-likeness (QED) is 0.340. The van der Waals surface area contributed by atoms with E-state index in [0.717, 1.165) is 0 Å². The van der Waals surface area contributed by atoms with Gasteiger partial charge in [0.2, 0.25) is 17.8 Å². The molecule has 10 nitrogen and oxygen atoms in total. The molecule has 4 N–H and O–H groups in total. The molecule has 0 saturated heterocycles. The van der Waals surface area contributed by atoms with Crippen molar-refractivity contribution in [3.63, 3.8) is 0 Å². The Balaban J connectivity index is 1.56. The van der Waals surface area contributed by atoms with E-state index < -0.39 is 5.41 Å². The zero-order valence-corrected chi connectivity index (χ0v) is 21.3. The molecule has 2 aromatic heterocycles. The van der Waals surface area contributed by atoms with Gasteiger partial charge in [-0.2, -0.15) is 10.1 Å². The fourth-order valence-corrected chi connectivity index (χ4v) is 5.33. The van der Waals surface area contributed by atoms with E-state index in [9.17, 15) is 9.28 Å². The van der Waals surface area contributed by atoms with Crippen molar-refractivity contribution in [3.8, 4) is 0 Å². The number of hydrogen-bond donors (Lipinski definition) is 3. The lowest BCUT2D eigenvalue weighted by Crippen LogP contribution is -2.38. The Morgan fingerprint density at radius 2 is 1.89 bits per heavy atom. The number of hydrogen-bond acceptors (Lipinski definition) is 8. The number of nitrogens with one attached hydrogen (secondary N) is 2. The van der Waals surface area contributed by atoms with Gasteiger partial charge in [0, 0.05) is 16.5 Å². The van der Waals surface area contributed by atoms with Crippen LogP contribution in [0.25, 0.3) is 11.2 Å². The molecular weight excluding hydrogens is 534 g/mol.